The third-order valence-electron chi connectivity index (χ3n) is 13.9. The fourth-order valence-electron chi connectivity index (χ4n) is 11.4. The van der Waals surface area contributed by atoms with Crippen molar-refractivity contribution in [3.05, 3.63) is 11.6 Å². The molecule has 5 aliphatic rings. The number of hydrogen-bond donors (Lipinski definition) is 3. The van der Waals surface area contributed by atoms with Gasteiger partial charge in [0.2, 0.25) is 0 Å². The molecule has 0 heterocycles. The van der Waals surface area contributed by atoms with E-state index in [4.69, 9.17) is 4.74 Å². The summed E-state index contributed by atoms with van der Waals surface area (Å²) in [7, 11) is 0. The lowest BCUT2D eigenvalue weighted by Gasteiger charge is -2.72. The van der Waals surface area contributed by atoms with Gasteiger partial charge in [-0.2, -0.15) is 0 Å². The van der Waals surface area contributed by atoms with Crippen LogP contribution in [-0.4, -0.2) is 39.8 Å². The molecule has 4 fully saturated rings. The zero-order chi connectivity index (χ0) is 27.3. The zero-order valence-corrected chi connectivity index (χ0v) is 24.5. The normalized spacial score (nSPS) is 55.4. The molecule has 0 amide bonds. The van der Waals surface area contributed by atoms with Crippen LogP contribution < -0.4 is 0 Å². The summed E-state index contributed by atoms with van der Waals surface area (Å²) < 4.78 is 5.71. The molecular formula is C32H52O5. The van der Waals surface area contributed by atoms with Crippen LogP contribution in [0.2, 0.25) is 0 Å². The highest BCUT2D eigenvalue weighted by molar-refractivity contribution is 5.66. The molecule has 5 heteroatoms. The van der Waals surface area contributed by atoms with Crippen molar-refractivity contribution in [2.24, 2.45) is 56.7 Å². The first-order chi connectivity index (χ1) is 17.1. The topological polar surface area (TPSA) is 87.0 Å². The van der Waals surface area contributed by atoms with Crippen LogP contribution in [0, 0.1) is 56.7 Å². The Bertz CT molecular complexity index is 974. The summed E-state index contributed by atoms with van der Waals surface area (Å²) in [6.07, 6.45) is 7.74. The van der Waals surface area contributed by atoms with Crippen LogP contribution in [0.4, 0.5) is 0 Å². The number of fused-ring (bicyclic) bond motifs is 7. The Labute approximate surface area is 224 Å². The molecule has 0 radical (unpaired) electrons. The molecule has 5 nitrogen and oxygen atoms in total. The van der Waals surface area contributed by atoms with E-state index >= 15 is 0 Å². The third-order valence-corrected chi connectivity index (χ3v) is 13.9. The van der Waals surface area contributed by atoms with Crippen LogP contribution >= 0.6 is 0 Å². The van der Waals surface area contributed by atoms with Crippen molar-refractivity contribution in [2.45, 2.75) is 125 Å². The van der Waals surface area contributed by atoms with Gasteiger partial charge in [-0.05, 0) is 96.7 Å². The van der Waals surface area contributed by atoms with Crippen LogP contribution in [0.1, 0.15) is 107 Å². The van der Waals surface area contributed by atoms with E-state index in [0.717, 1.165) is 25.7 Å². The largest absolute Gasteiger partial charge is 0.462 e. The molecule has 0 spiro atoms. The molecule has 12 atom stereocenters. The summed E-state index contributed by atoms with van der Waals surface area (Å²) in [5.74, 6) is 1.39. The Hall–Kier alpha value is -0.910. The maximum Gasteiger partial charge on any atom is 0.302 e. The van der Waals surface area contributed by atoms with Gasteiger partial charge >= 0.3 is 5.97 Å². The van der Waals surface area contributed by atoms with Gasteiger partial charge < -0.3 is 20.1 Å². The highest BCUT2D eigenvalue weighted by Crippen LogP contribution is 2.76. The van der Waals surface area contributed by atoms with Gasteiger partial charge in [-0.15, -0.1) is 0 Å². The van der Waals surface area contributed by atoms with Crippen LogP contribution in [-0.2, 0) is 9.53 Å². The molecule has 4 saturated carbocycles. The van der Waals surface area contributed by atoms with E-state index in [0.29, 0.717) is 29.6 Å². The van der Waals surface area contributed by atoms with Crippen LogP contribution in [0.25, 0.3) is 0 Å². The molecule has 37 heavy (non-hydrogen) atoms. The van der Waals surface area contributed by atoms with Gasteiger partial charge in [0.1, 0.15) is 6.10 Å². The first kappa shape index (κ1) is 27.6. The van der Waals surface area contributed by atoms with Gasteiger partial charge in [0.25, 0.3) is 0 Å². The van der Waals surface area contributed by atoms with E-state index in [2.05, 4.69) is 47.6 Å². The summed E-state index contributed by atoms with van der Waals surface area (Å²) in [6.45, 7) is 17.9. The number of carbonyl (C=O) groups excluding carboxylic acids is 1. The Balaban J connectivity index is 1.61. The second kappa shape index (κ2) is 8.54. The minimum atomic E-state index is -1.59. The predicted octanol–water partition coefficient (Wildman–Crippen LogP) is 5.86. The number of allylic oxidation sites excluding steroid dienone is 1. The van der Waals surface area contributed by atoms with E-state index in [1.54, 1.807) is 0 Å². The molecule has 210 valence electrons. The molecule has 3 N–H and O–H groups in total. The maximum atomic E-state index is 12.1. The van der Waals surface area contributed by atoms with Crippen molar-refractivity contribution in [1.82, 2.24) is 0 Å². The van der Waals surface area contributed by atoms with Gasteiger partial charge in [0.05, 0.1) is 11.5 Å². The van der Waals surface area contributed by atoms with Crippen molar-refractivity contribution in [3.8, 4) is 0 Å². The number of hydrogen-bond acceptors (Lipinski definition) is 5. The van der Waals surface area contributed by atoms with Crippen LogP contribution in [0.3, 0.4) is 0 Å². The molecule has 0 saturated heterocycles. The number of rotatable bonds is 2. The lowest BCUT2D eigenvalue weighted by molar-refractivity contribution is -0.280. The molecule has 0 bridgehead atoms. The maximum absolute atomic E-state index is 12.1. The second-order valence-corrected chi connectivity index (χ2v) is 15.3. The SMILES string of the molecule is CC(=O)O[C@H]1CC[C@@]2(C)[C@H](CC[C@]3(C)[C@H]2C(O)C=C2[C@@H]4[C@@H](C)[C@@H](C)CC[C@]4(C)CC[C@@]23C)[C@@]1(C)C(O)O. The molecule has 0 aromatic heterocycles. The number of aliphatic hydroxyl groups excluding tert-OH is 2. The zero-order valence-electron chi connectivity index (χ0n) is 24.5. The number of ether oxygens (including phenoxy) is 1. The van der Waals surface area contributed by atoms with Gasteiger partial charge in [-0.1, -0.05) is 60.1 Å². The Morgan fingerprint density at radius 2 is 1.65 bits per heavy atom. The Morgan fingerprint density at radius 3 is 2.27 bits per heavy atom. The summed E-state index contributed by atoms with van der Waals surface area (Å²) in [6, 6.07) is 0. The fourth-order valence-corrected chi connectivity index (χ4v) is 11.4. The van der Waals surface area contributed by atoms with Crippen molar-refractivity contribution < 1.29 is 24.9 Å². The summed E-state index contributed by atoms with van der Waals surface area (Å²) in [5.41, 5.74) is 0.498. The van der Waals surface area contributed by atoms with Gasteiger partial charge in [-0.25, -0.2) is 0 Å². The average Bonchev–Trinajstić information content (AvgIpc) is 2.79. The van der Waals surface area contributed by atoms with E-state index in [1.807, 2.05) is 6.92 Å². The quantitative estimate of drug-likeness (QED) is 0.243. The molecular weight excluding hydrogens is 464 g/mol. The standard InChI is InChI=1S/C32H52O5/c1-18-9-12-28(4)15-16-30(6)21(25(28)19(18)2)17-22(34)26-29(5)13-11-24(37-20(3)33)32(8,27(35)36)23(29)10-14-31(26,30)7/h17-19,22-27,34-36H,9-16H2,1-8H3/t18-,19-,22?,23-,24-,25-,26-,28+,29-,30-,31+,32+/m0/s1. The Morgan fingerprint density at radius 1 is 0.973 bits per heavy atom. The lowest BCUT2D eigenvalue weighted by Crippen LogP contribution is -2.69. The van der Waals surface area contributed by atoms with E-state index < -0.39 is 23.9 Å². The first-order valence-electron chi connectivity index (χ1n) is 15.0. The van der Waals surface area contributed by atoms with Gasteiger partial charge in [-0.3, -0.25) is 4.79 Å². The monoisotopic (exact) mass is 516 g/mol. The number of aliphatic hydroxyl groups is 3. The van der Waals surface area contributed by atoms with Gasteiger partial charge in [0.15, 0.2) is 6.29 Å². The van der Waals surface area contributed by atoms with Crippen molar-refractivity contribution in [2.75, 3.05) is 0 Å². The van der Waals surface area contributed by atoms with Crippen LogP contribution in [0.15, 0.2) is 11.6 Å². The van der Waals surface area contributed by atoms with Crippen molar-refractivity contribution in [3.63, 3.8) is 0 Å². The molecule has 0 aromatic carbocycles. The lowest BCUT2D eigenvalue weighted by atomic mass is 9.33. The average molecular weight is 517 g/mol. The molecule has 5 rings (SSSR count). The summed E-state index contributed by atoms with van der Waals surface area (Å²) in [4.78, 5) is 12.0. The van der Waals surface area contributed by atoms with E-state index in [-0.39, 0.29) is 34.1 Å². The van der Waals surface area contributed by atoms with Gasteiger partial charge in [0, 0.05) is 12.8 Å². The predicted molar refractivity (Wildman–Crippen MR) is 144 cm³/mol. The van der Waals surface area contributed by atoms with Crippen molar-refractivity contribution >= 4 is 5.97 Å². The minimum Gasteiger partial charge on any atom is -0.462 e. The summed E-state index contributed by atoms with van der Waals surface area (Å²) in [5, 5.41) is 33.6. The summed E-state index contributed by atoms with van der Waals surface area (Å²) >= 11 is 0. The van der Waals surface area contributed by atoms with E-state index in [9.17, 15) is 20.1 Å². The fraction of sp³-hybridized carbons (Fsp3) is 0.906. The molecule has 1 unspecified atom stereocenters. The second-order valence-electron chi connectivity index (χ2n) is 15.3. The van der Waals surface area contributed by atoms with Crippen LogP contribution in [0.5, 0.6) is 0 Å². The molecule has 0 aromatic rings. The smallest absolute Gasteiger partial charge is 0.302 e. The highest BCUT2D eigenvalue weighted by Gasteiger charge is 2.71. The van der Waals surface area contributed by atoms with Crippen molar-refractivity contribution in [1.29, 1.82) is 0 Å². The molecule has 0 aliphatic heterocycles. The number of carbonyl (C=O) groups is 1. The number of esters is 1. The minimum absolute atomic E-state index is 0.0152. The third kappa shape index (κ3) is 3.48. The Kier molecular flexibility index (Phi) is 6.38. The molecule has 5 aliphatic carbocycles. The first-order valence-corrected chi connectivity index (χ1v) is 15.0. The van der Waals surface area contributed by atoms with E-state index in [1.165, 1.54) is 31.8 Å². The highest BCUT2D eigenvalue weighted by atomic mass is 16.5.